The van der Waals surface area contributed by atoms with Crippen molar-refractivity contribution in [2.75, 3.05) is 5.32 Å². The Labute approximate surface area is 160 Å². The molecule has 0 radical (unpaired) electrons. The molecular weight excluding hydrogens is 396 g/mol. The van der Waals surface area contributed by atoms with Gasteiger partial charge in [0.1, 0.15) is 0 Å². The summed E-state index contributed by atoms with van der Waals surface area (Å²) in [5.74, 6) is 0.863. The van der Waals surface area contributed by atoms with Crippen molar-refractivity contribution in [2.45, 2.75) is 26.3 Å². The topological polar surface area (TPSA) is 80.0 Å². The molecule has 0 spiro atoms. The lowest BCUT2D eigenvalue weighted by Gasteiger charge is -2.14. The first-order valence-corrected chi connectivity index (χ1v) is 9.08. The number of anilines is 1. The minimum atomic E-state index is -0.342. The number of halogens is 1. The van der Waals surface area contributed by atoms with Gasteiger partial charge in [0.05, 0.1) is 6.04 Å². The number of nitrogens with zero attached hydrogens (tertiary/aromatic N) is 2. The number of carbonyl (C=O) groups excluding carboxylic acids is 1. The number of rotatable bonds is 5. The number of hydrogen-bond acceptors (Lipinski definition) is 4. The van der Waals surface area contributed by atoms with Crippen molar-refractivity contribution < 1.29 is 9.32 Å². The molecule has 0 aliphatic heterocycles. The second kappa shape index (κ2) is 8.14. The largest absolute Gasteiger partial charge is 0.334 e. The maximum Gasteiger partial charge on any atom is 0.319 e. The van der Waals surface area contributed by atoms with Crippen molar-refractivity contribution in [3.63, 3.8) is 0 Å². The van der Waals surface area contributed by atoms with Gasteiger partial charge >= 0.3 is 6.03 Å². The minimum absolute atomic E-state index is 0.311. The average molecular weight is 415 g/mol. The second-order valence-electron chi connectivity index (χ2n) is 5.89. The average Bonchev–Trinajstić information content (AvgIpc) is 3.12. The lowest BCUT2D eigenvalue weighted by Crippen LogP contribution is -2.32. The number of aryl methyl sites for hydroxylation is 1. The van der Waals surface area contributed by atoms with Gasteiger partial charge in [-0.25, -0.2) is 4.79 Å². The highest BCUT2D eigenvalue weighted by Crippen LogP contribution is 2.23. The van der Waals surface area contributed by atoms with E-state index in [2.05, 4.69) is 36.7 Å². The normalized spacial score (nSPS) is 11.8. The molecule has 2 N–H and O–H groups in total. The van der Waals surface area contributed by atoms with Crippen molar-refractivity contribution in [3.8, 4) is 11.5 Å². The standard InChI is InChI=1S/C19H19BrN4O2/c1-3-16(22-19(25)21-15-9-7-12(2)8-10-15)17-23-18(26-24-17)13-5-4-6-14(20)11-13/h4-11,16H,3H2,1-2H3,(H2,21,22,25)/t16-/m1/s1. The van der Waals surface area contributed by atoms with Crippen LogP contribution < -0.4 is 10.6 Å². The van der Waals surface area contributed by atoms with E-state index >= 15 is 0 Å². The maximum absolute atomic E-state index is 12.2. The van der Waals surface area contributed by atoms with Crippen LogP contribution >= 0.6 is 15.9 Å². The SMILES string of the molecule is CC[C@@H](NC(=O)Nc1ccc(C)cc1)c1noc(-c2cccc(Br)c2)n1. The van der Waals surface area contributed by atoms with Gasteiger partial charge in [-0.2, -0.15) is 4.98 Å². The molecule has 26 heavy (non-hydrogen) atoms. The smallest absolute Gasteiger partial charge is 0.319 e. The van der Waals surface area contributed by atoms with E-state index in [1.165, 1.54) is 0 Å². The number of amides is 2. The summed E-state index contributed by atoms with van der Waals surface area (Å²) in [5.41, 5.74) is 2.68. The second-order valence-corrected chi connectivity index (χ2v) is 6.81. The molecule has 3 aromatic rings. The van der Waals surface area contributed by atoms with Gasteiger partial charge in [-0.1, -0.05) is 51.8 Å². The van der Waals surface area contributed by atoms with Crippen LogP contribution in [0, 0.1) is 6.92 Å². The highest BCUT2D eigenvalue weighted by molar-refractivity contribution is 9.10. The quantitative estimate of drug-likeness (QED) is 0.609. The number of hydrogen-bond donors (Lipinski definition) is 2. The molecule has 134 valence electrons. The van der Waals surface area contributed by atoms with Crippen molar-refractivity contribution in [3.05, 3.63) is 64.4 Å². The summed E-state index contributed by atoms with van der Waals surface area (Å²) in [6.07, 6.45) is 0.638. The fraction of sp³-hybridized carbons (Fsp3) is 0.211. The molecule has 2 amide bonds. The molecule has 3 rings (SSSR count). The monoisotopic (exact) mass is 414 g/mol. The molecular formula is C19H19BrN4O2. The minimum Gasteiger partial charge on any atom is -0.334 e. The van der Waals surface area contributed by atoms with Crippen molar-refractivity contribution in [2.24, 2.45) is 0 Å². The van der Waals surface area contributed by atoms with Crippen LogP contribution in [0.1, 0.15) is 30.8 Å². The Morgan fingerprint density at radius 2 is 2.00 bits per heavy atom. The van der Waals surface area contributed by atoms with Crippen molar-refractivity contribution in [1.82, 2.24) is 15.5 Å². The van der Waals surface area contributed by atoms with Crippen LogP contribution in [0.25, 0.3) is 11.5 Å². The number of aromatic nitrogens is 2. The zero-order chi connectivity index (χ0) is 18.5. The number of urea groups is 1. The van der Waals surface area contributed by atoms with Gasteiger partial charge in [0.25, 0.3) is 5.89 Å². The first kappa shape index (κ1) is 18.1. The number of carbonyl (C=O) groups is 1. The molecule has 0 unspecified atom stereocenters. The van der Waals surface area contributed by atoms with E-state index in [-0.39, 0.29) is 12.1 Å². The maximum atomic E-state index is 12.2. The van der Waals surface area contributed by atoms with E-state index in [0.717, 1.165) is 21.3 Å². The van der Waals surface area contributed by atoms with Gasteiger partial charge in [0.15, 0.2) is 5.82 Å². The van der Waals surface area contributed by atoms with Crippen LogP contribution in [0.2, 0.25) is 0 Å². The summed E-state index contributed by atoms with van der Waals surface area (Å²) in [7, 11) is 0. The molecule has 7 heteroatoms. The fourth-order valence-electron chi connectivity index (χ4n) is 2.43. The van der Waals surface area contributed by atoms with E-state index in [9.17, 15) is 4.79 Å². The highest BCUT2D eigenvalue weighted by Gasteiger charge is 2.19. The first-order chi connectivity index (χ1) is 12.5. The van der Waals surface area contributed by atoms with Crippen molar-refractivity contribution >= 4 is 27.6 Å². The molecule has 1 atom stereocenters. The van der Waals surface area contributed by atoms with Crippen LogP contribution in [0.4, 0.5) is 10.5 Å². The van der Waals surface area contributed by atoms with Gasteiger partial charge < -0.3 is 15.2 Å². The number of nitrogens with one attached hydrogen (secondary N) is 2. The summed E-state index contributed by atoms with van der Waals surface area (Å²) >= 11 is 3.42. The lowest BCUT2D eigenvalue weighted by atomic mass is 10.2. The van der Waals surface area contributed by atoms with E-state index in [4.69, 9.17) is 4.52 Å². The van der Waals surface area contributed by atoms with Crippen molar-refractivity contribution in [1.29, 1.82) is 0 Å². The Morgan fingerprint density at radius 1 is 1.23 bits per heavy atom. The third kappa shape index (κ3) is 4.49. The first-order valence-electron chi connectivity index (χ1n) is 8.29. The molecule has 1 heterocycles. The molecule has 0 aliphatic carbocycles. The molecule has 0 bridgehead atoms. The van der Waals surface area contributed by atoms with Gasteiger partial charge in [-0.05, 0) is 43.7 Å². The van der Waals surface area contributed by atoms with E-state index in [0.29, 0.717) is 18.1 Å². The Morgan fingerprint density at radius 3 is 2.69 bits per heavy atom. The predicted octanol–water partition coefficient (Wildman–Crippen LogP) is 5.08. The molecule has 6 nitrogen and oxygen atoms in total. The van der Waals surface area contributed by atoms with Gasteiger partial charge in [0.2, 0.25) is 0 Å². The molecule has 0 saturated heterocycles. The third-order valence-electron chi connectivity index (χ3n) is 3.85. The van der Waals surface area contributed by atoms with E-state index in [1.807, 2.05) is 62.4 Å². The molecule has 0 aliphatic rings. The molecule has 0 fully saturated rings. The van der Waals surface area contributed by atoms with Crippen LogP contribution in [0.3, 0.4) is 0 Å². The Kier molecular flexibility index (Phi) is 5.68. The van der Waals surface area contributed by atoms with E-state index < -0.39 is 0 Å². The van der Waals surface area contributed by atoms with Gasteiger partial charge in [-0.15, -0.1) is 0 Å². The highest BCUT2D eigenvalue weighted by atomic mass is 79.9. The summed E-state index contributed by atoms with van der Waals surface area (Å²) in [5, 5.41) is 9.71. The molecule has 0 saturated carbocycles. The summed E-state index contributed by atoms with van der Waals surface area (Å²) < 4.78 is 6.28. The summed E-state index contributed by atoms with van der Waals surface area (Å²) in [6.45, 7) is 3.95. The Bertz CT molecular complexity index is 893. The Balaban J connectivity index is 1.69. The molecule has 2 aromatic carbocycles. The van der Waals surface area contributed by atoms with Crippen LogP contribution in [-0.2, 0) is 0 Å². The predicted molar refractivity (Wildman–Crippen MR) is 104 cm³/mol. The van der Waals surface area contributed by atoms with Gasteiger partial charge in [0, 0.05) is 15.7 Å². The van der Waals surface area contributed by atoms with Gasteiger partial charge in [-0.3, -0.25) is 0 Å². The zero-order valence-corrected chi connectivity index (χ0v) is 16.1. The third-order valence-corrected chi connectivity index (χ3v) is 4.34. The van der Waals surface area contributed by atoms with E-state index in [1.54, 1.807) is 0 Å². The fourth-order valence-corrected chi connectivity index (χ4v) is 2.83. The van der Waals surface area contributed by atoms with Crippen LogP contribution in [-0.4, -0.2) is 16.2 Å². The lowest BCUT2D eigenvalue weighted by molar-refractivity contribution is 0.247. The zero-order valence-electron chi connectivity index (χ0n) is 14.5. The molecule has 1 aromatic heterocycles. The Hall–Kier alpha value is -2.67. The number of benzene rings is 2. The van der Waals surface area contributed by atoms with Crippen LogP contribution in [0.15, 0.2) is 57.5 Å². The summed E-state index contributed by atoms with van der Waals surface area (Å²) in [6, 6.07) is 14.5. The summed E-state index contributed by atoms with van der Waals surface area (Å²) in [4.78, 5) is 16.7. The van der Waals surface area contributed by atoms with Crippen LogP contribution in [0.5, 0.6) is 0 Å².